The first kappa shape index (κ1) is 12.6. The fourth-order valence-corrected chi connectivity index (χ4v) is 1.47. The molecule has 0 heterocycles. The van der Waals surface area contributed by atoms with Gasteiger partial charge >= 0.3 is 0 Å². The first-order valence-electron chi connectivity index (χ1n) is 4.17. The van der Waals surface area contributed by atoms with Crippen LogP contribution in [0, 0.1) is 0 Å². The van der Waals surface area contributed by atoms with Crippen LogP contribution in [0.5, 0.6) is 0 Å². The fraction of sp³-hybridized carbons (Fsp3) is 0.182. The summed E-state index contributed by atoms with van der Waals surface area (Å²) < 4.78 is -1.78. The van der Waals surface area contributed by atoms with Crippen molar-refractivity contribution in [1.29, 1.82) is 0 Å². The van der Waals surface area contributed by atoms with Gasteiger partial charge in [-0.25, -0.2) is 0 Å². The van der Waals surface area contributed by atoms with Crippen molar-refractivity contribution in [1.82, 2.24) is 0 Å². The molecule has 1 aromatic carbocycles. The number of aliphatic hydroxyl groups excluding tert-OH is 1. The van der Waals surface area contributed by atoms with Gasteiger partial charge in [-0.05, 0) is 5.56 Å². The lowest BCUT2D eigenvalue weighted by Crippen LogP contribution is -2.26. The largest absolute Gasteiger partial charge is 0.383 e. The SMILES string of the molecule is C=C=C(c1ccccc1)C(O)C(Cl)(Cl)Cl. The molecule has 0 saturated carbocycles. The molecule has 1 atom stereocenters. The average molecular weight is 264 g/mol. The average Bonchev–Trinajstić information content (AvgIpc) is 2.19. The Labute approximate surface area is 104 Å². The fourth-order valence-electron chi connectivity index (χ4n) is 1.14. The van der Waals surface area contributed by atoms with Gasteiger partial charge in [0.25, 0.3) is 0 Å². The number of halogens is 3. The van der Waals surface area contributed by atoms with E-state index in [4.69, 9.17) is 34.8 Å². The minimum atomic E-state index is -1.78. The first-order chi connectivity index (χ1) is 6.96. The highest BCUT2D eigenvalue weighted by Gasteiger charge is 2.34. The predicted molar refractivity (Wildman–Crippen MR) is 65.3 cm³/mol. The second-order valence-electron chi connectivity index (χ2n) is 2.90. The Bertz CT molecular complexity index is 375. The lowest BCUT2D eigenvalue weighted by atomic mass is 10.0. The predicted octanol–water partition coefficient (Wildman–Crippen LogP) is 3.59. The van der Waals surface area contributed by atoms with Gasteiger partial charge in [0.15, 0.2) is 0 Å². The Morgan fingerprint density at radius 2 is 1.80 bits per heavy atom. The molecule has 0 saturated heterocycles. The second kappa shape index (κ2) is 5.07. The molecule has 15 heavy (non-hydrogen) atoms. The third-order valence-corrected chi connectivity index (χ3v) is 2.48. The lowest BCUT2D eigenvalue weighted by molar-refractivity contribution is 0.237. The molecule has 0 amide bonds. The van der Waals surface area contributed by atoms with E-state index >= 15 is 0 Å². The third kappa shape index (κ3) is 3.27. The molecule has 4 heteroatoms. The van der Waals surface area contributed by atoms with E-state index in [0.29, 0.717) is 5.57 Å². The number of rotatable bonds is 2. The van der Waals surface area contributed by atoms with Crippen LogP contribution in [0.25, 0.3) is 5.57 Å². The summed E-state index contributed by atoms with van der Waals surface area (Å²) in [6.45, 7) is 3.47. The molecular weight excluding hydrogens is 254 g/mol. The van der Waals surface area contributed by atoms with Crippen LogP contribution < -0.4 is 0 Å². The molecule has 1 nitrogen and oxygen atoms in total. The normalized spacial score (nSPS) is 13.1. The highest BCUT2D eigenvalue weighted by Crippen LogP contribution is 2.36. The van der Waals surface area contributed by atoms with Crippen LogP contribution >= 0.6 is 34.8 Å². The summed E-state index contributed by atoms with van der Waals surface area (Å²) in [5.74, 6) is 0. The van der Waals surface area contributed by atoms with E-state index in [9.17, 15) is 5.11 Å². The van der Waals surface area contributed by atoms with E-state index in [2.05, 4.69) is 12.3 Å². The van der Waals surface area contributed by atoms with Crippen LogP contribution in [0.4, 0.5) is 0 Å². The van der Waals surface area contributed by atoms with Crippen molar-refractivity contribution in [2.75, 3.05) is 0 Å². The maximum Gasteiger partial charge on any atom is 0.220 e. The number of aliphatic hydroxyl groups is 1. The van der Waals surface area contributed by atoms with Gasteiger partial charge in [-0.1, -0.05) is 71.7 Å². The standard InChI is InChI=1S/C11H9Cl3O/c1-2-9(10(15)11(12,13)14)8-6-4-3-5-7-8/h3-7,10,15H,1H2. The molecule has 0 spiro atoms. The molecule has 1 unspecified atom stereocenters. The summed E-state index contributed by atoms with van der Waals surface area (Å²) in [6, 6.07) is 9.06. The van der Waals surface area contributed by atoms with Gasteiger partial charge in [-0.3, -0.25) is 0 Å². The molecule has 0 bridgehead atoms. The van der Waals surface area contributed by atoms with Crippen molar-refractivity contribution in [2.45, 2.75) is 9.90 Å². The van der Waals surface area contributed by atoms with Gasteiger partial charge in [0.05, 0.1) is 0 Å². The molecule has 0 fully saturated rings. The monoisotopic (exact) mass is 262 g/mol. The Balaban J connectivity index is 3.08. The minimum Gasteiger partial charge on any atom is -0.383 e. The summed E-state index contributed by atoms with van der Waals surface area (Å²) in [7, 11) is 0. The molecule has 0 aromatic heterocycles. The van der Waals surface area contributed by atoms with Gasteiger partial charge in [0.2, 0.25) is 3.79 Å². The van der Waals surface area contributed by atoms with Crippen molar-refractivity contribution in [2.24, 2.45) is 0 Å². The summed E-state index contributed by atoms with van der Waals surface area (Å²) in [4.78, 5) is 0. The topological polar surface area (TPSA) is 20.2 Å². The second-order valence-corrected chi connectivity index (χ2v) is 5.27. The highest BCUT2D eigenvalue weighted by molar-refractivity contribution is 6.68. The Morgan fingerprint density at radius 3 is 2.20 bits per heavy atom. The third-order valence-electron chi connectivity index (χ3n) is 1.86. The maximum atomic E-state index is 9.76. The van der Waals surface area contributed by atoms with Gasteiger partial charge in [0.1, 0.15) is 6.10 Å². The molecule has 80 valence electrons. The first-order valence-corrected chi connectivity index (χ1v) is 5.30. The zero-order chi connectivity index (χ0) is 11.5. The van der Waals surface area contributed by atoms with E-state index in [0.717, 1.165) is 5.56 Å². The summed E-state index contributed by atoms with van der Waals surface area (Å²) >= 11 is 16.8. The zero-order valence-electron chi connectivity index (χ0n) is 7.75. The van der Waals surface area contributed by atoms with Crippen LogP contribution in [0.1, 0.15) is 5.56 Å². The Kier molecular flexibility index (Phi) is 4.27. The molecular formula is C11H9Cl3O. The van der Waals surface area contributed by atoms with Crippen LogP contribution in [0.2, 0.25) is 0 Å². The molecule has 1 N–H and O–H groups in total. The van der Waals surface area contributed by atoms with Gasteiger partial charge in [0, 0.05) is 5.57 Å². The molecule has 0 aliphatic rings. The number of hydrogen-bond donors (Lipinski definition) is 1. The van der Waals surface area contributed by atoms with Crippen LogP contribution in [-0.2, 0) is 0 Å². The Hall–Kier alpha value is -0.430. The number of hydrogen-bond acceptors (Lipinski definition) is 1. The number of benzene rings is 1. The van der Waals surface area contributed by atoms with Crippen LogP contribution in [0.3, 0.4) is 0 Å². The van der Waals surface area contributed by atoms with E-state index in [1.165, 1.54) is 0 Å². The molecule has 1 rings (SSSR count). The quantitative estimate of drug-likeness (QED) is 0.639. The molecule has 1 aromatic rings. The lowest BCUT2D eigenvalue weighted by Gasteiger charge is -2.20. The van der Waals surface area contributed by atoms with Gasteiger partial charge < -0.3 is 5.11 Å². The van der Waals surface area contributed by atoms with Crippen molar-refractivity contribution in [3.05, 3.63) is 48.2 Å². The van der Waals surface area contributed by atoms with Crippen molar-refractivity contribution in [3.63, 3.8) is 0 Å². The van der Waals surface area contributed by atoms with E-state index in [1.807, 2.05) is 18.2 Å². The highest BCUT2D eigenvalue weighted by atomic mass is 35.6. The van der Waals surface area contributed by atoms with E-state index < -0.39 is 9.90 Å². The maximum absolute atomic E-state index is 9.76. The van der Waals surface area contributed by atoms with Gasteiger partial charge in [-0.2, -0.15) is 0 Å². The Morgan fingerprint density at radius 1 is 1.27 bits per heavy atom. The summed E-state index contributed by atoms with van der Waals surface area (Å²) in [5, 5.41) is 9.76. The molecule has 0 radical (unpaired) electrons. The van der Waals surface area contributed by atoms with Crippen LogP contribution in [-0.4, -0.2) is 15.0 Å². The van der Waals surface area contributed by atoms with E-state index in [-0.39, 0.29) is 0 Å². The van der Waals surface area contributed by atoms with E-state index in [1.54, 1.807) is 12.1 Å². The molecule has 0 aliphatic heterocycles. The van der Waals surface area contributed by atoms with Crippen molar-refractivity contribution in [3.8, 4) is 0 Å². The molecule has 0 aliphatic carbocycles. The number of alkyl halides is 3. The van der Waals surface area contributed by atoms with Crippen molar-refractivity contribution >= 4 is 40.4 Å². The smallest absolute Gasteiger partial charge is 0.220 e. The minimum absolute atomic E-state index is 0.371. The van der Waals surface area contributed by atoms with Crippen molar-refractivity contribution < 1.29 is 5.11 Å². The summed E-state index contributed by atoms with van der Waals surface area (Å²) in [6.07, 6.45) is -1.25. The van der Waals surface area contributed by atoms with Crippen LogP contribution in [0.15, 0.2) is 42.6 Å². The summed E-state index contributed by atoms with van der Waals surface area (Å²) in [5.41, 5.74) is 3.69. The van der Waals surface area contributed by atoms with Gasteiger partial charge in [-0.15, -0.1) is 5.73 Å². The zero-order valence-corrected chi connectivity index (χ0v) is 10.0.